The van der Waals surface area contributed by atoms with Gasteiger partial charge >= 0.3 is 0 Å². The summed E-state index contributed by atoms with van der Waals surface area (Å²) in [5, 5.41) is 36.9. The summed E-state index contributed by atoms with van der Waals surface area (Å²) in [6.07, 6.45) is 18.4. The quantitative estimate of drug-likeness (QED) is 0.105. The topological polar surface area (TPSA) is 110 Å². The number of nitrogens with one attached hydrogen (secondary N) is 1. The molecule has 278 valence electrons. The highest BCUT2D eigenvalue weighted by molar-refractivity contribution is 5.76. The summed E-state index contributed by atoms with van der Waals surface area (Å²) in [5.74, 6) is 2.17. The molecule has 0 radical (unpaired) electrons. The van der Waals surface area contributed by atoms with Gasteiger partial charge in [-0.15, -0.1) is 0 Å². The highest BCUT2D eigenvalue weighted by Gasteiger charge is 2.65. The molecule has 10 unspecified atom stereocenters. The summed E-state index contributed by atoms with van der Waals surface area (Å²) in [6.45, 7) is 13.5. The van der Waals surface area contributed by atoms with Crippen LogP contribution >= 0.6 is 0 Å². The molecule has 7 nitrogen and oxygen atoms in total. The molecule has 2 amide bonds. The first-order chi connectivity index (χ1) is 23.0. The molecule has 0 aromatic carbocycles. The van der Waals surface area contributed by atoms with Gasteiger partial charge in [0.2, 0.25) is 11.8 Å². The number of unbranched alkanes of at least 4 members (excludes halogenated alkanes) is 7. The fourth-order valence-electron chi connectivity index (χ4n) is 11.4. The molecule has 4 aliphatic rings. The molecule has 0 heterocycles. The van der Waals surface area contributed by atoms with Crippen LogP contribution < -0.4 is 5.32 Å². The Kier molecular flexibility index (Phi) is 15.1. The van der Waals surface area contributed by atoms with Crippen molar-refractivity contribution < 1.29 is 24.9 Å². The van der Waals surface area contributed by atoms with Crippen molar-refractivity contribution in [2.24, 2.45) is 46.3 Å². The van der Waals surface area contributed by atoms with Gasteiger partial charge in [0.05, 0.1) is 18.3 Å². The molecule has 0 aliphatic heterocycles. The third kappa shape index (κ3) is 9.18. The fraction of sp³-hybridized carbons (Fsp3) is 0.951. The molecule has 4 aliphatic carbocycles. The van der Waals surface area contributed by atoms with Crippen LogP contribution in [0, 0.1) is 46.3 Å². The van der Waals surface area contributed by atoms with E-state index in [1.54, 1.807) is 0 Å². The van der Waals surface area contributed by atoms with Gasteiger partial charge in [0.25, 0.3) is 0 Å². The molecule has 0 bridgehead atoms. The molecular weight excluding hydrogens is 600 g/mol. The van der Waals surface area contributed by atoms with Gasteiger partial charge in [-0.3, -0.25) is 9.59 Å². The Morgan fingerprint density at radius 3 is 2.25 bits per heavy atom. The van der Waals surface area contributed by atoms with Gasteiger partial charge in [-0.2, -0.15) is 0 Å². The second kappa shape index (κ2) is 18.4. The first-order valence-electron chi connectivity index (χ1n) is 20.6. The van der Waals surface area contributed by atoms with E-state index in [0.717, 1.165) is 96.4 Å². The molecule has 11 atom stereocenters. The number of nitrogens with zero attached hydrogens (tertiary/aromatic N) is 1. The minimum absolute atomic E-state index is 0.0843. The smallest absolute Gasteiger partial charge is 0.222 e. The van der Waals surface area contributed by atoms with Crippen LogP contribution in [0.2, 0.25) is 0 Å². The SMILES string of the molecule is CCCCCCCCC(=O)N(CCCCC)CCCNC(=O)CC[C@@H](C)C1CCC2C3C(O)CC4CC(O)CCC4(C)C3CC(O)C21C. The molecule has 0 saturated heterocycles. The Morgan fingerprint density at radius 1 is 0.812 bits per heavy atom. The average molecular weight is 675 g/mol. The number of hydrogen-bond acceptors (Lipinski definition) is 5. The van der Waals surface area contributed by atoms with Gasteiger partial charge < -0.3 is 25.5 Å². The molecule has 0 aromatic rings. The van der Waals surface area contributed by atoms with E-state index in [2.05, 4.69) is 39.9 Å². The van der Waals surface area contributed by atoms with Crippen LogP contribution in [0.25, 0.3) is 0 Å². The average Bonchev–Trinajstić information content (AvgIpc) is 3.42. The van der Waals surface area contributed by atoms with Crippen LogP contribution in [0.15, 0.2) is 0 Å². The lowest BCUT2D eigenvalue weighted by atomic mass is 9.43. The van der Waals surface area contributed by atoms with Gasteiger partial charge in [-0.05, 0) is 117 Å². The van der Waals surface area contributed by atoms with E-state index in [-0.39, 0.29) is 40.8 Å². The first-order valence-corrected chi connectivity index (χ1v) is 20.6. The fourth-order valence-corrected chi connectivity index (χ4v) is 11.4. The van der Waals surface area contributed by atoms with E-state index in [1.165, 1.54) is 25.7 Å². The molecule has 0 spiro atoms. The molecule has 0 aromatic heterocycles. The number of aliphatic hydroxyl groups is 3. The number of hydrogen-bond donors (Lipinski definition) is 4. The maximum atomic E-state index is 13.0. The Bertz CT molecular complexity index is 1010. The zero-order chi connectivity index (χ0) is 34.9. The lowest BCUT2D eigenvalue weighted by molar-refractivity contribution is -0.207. The van der Waals surface area contributed by atoms with Gasteiger partial charge in [-0.25, -0.2) is 0 Å². The van der Waals surface area contributed by atoms with Crippen LogP contribution in [-0.2, 0) is 9.59 Å². The number of fused-ring (bicyclic) bond motifs is 5. The Hall–Kier alpha value is -1.18. The van der Waals surface area contributed by atoms with E-state index in [9.17, 15) is 24.9 Å². The van der Waals surface area contributed by atoms with Crippen LogP contribution in [0.1, 0.15) is 163 Å². The van der Waals surface area contributed by atoms with Crippen molar-refractivity contribution in [2.45, 2.75) is 181 Å². The monoisotopic (exact) mass is 675 g/mol. The number of carbonyl (C=O) groups is 2. The summed E-state index contributed by atoms with van der Waals surface area (Å²) >= 11 is 0. The van der Waals surface area contributed by atoms with E-state index in [4.69, 9.17) is 0 Å². The summed E-state index contributed by atoms with van der Waals surface area (Å²) in [6, 6.07) is 0. The lowest BCUT2D eigenvalue weighted by Gasteiger charge is -2.63. The van der Waals surface area contributed by atoms with Crippen molar-refractivity contribution in [2.75, 3.05) is 19.6 Å². The zero-order valence-electron chi connectivity index (χ0n) is 31.6. The third-order valence-electron chi connectivity index (χ3n) is 14.4. The van der Waals surface area contributed by atoms with Crippen molar-refractivity contribution >= 4 is 11.8 Å². The third-order valence-corrected chi connectivity index (χ3v) is 14.4. The maximum Gasteiger partial charge on any atom is 0.222 e. The van der Waals surface area contributed by atoms with Gasteiger partial charge in [0.15, 0.2) is 0 Å². The van der Waals surface area contributed by atoms with E-state index >= 15 is 0 Å². The molecule has 4 saturated carbocycles. The zero-order valence-corrected chi connectivity index (χ0v) is 31.6. The first kappa shape index (κ1) is 39.6. The summed E-state index contributed by atoms with van der Waals surface area (Å²) < 4.78 is 0. The number of aliphatic hydroxyl groups excluding tert-OH is 3. The molecular formula is C41H74N2O5. The maximum absolute atomic E-state index is 13.0. The highest BCUT2D eigenvalue weighted by Crippen LogP contribution is 2.68. The summed E-state index contributed by atoms with van der Waals surface area (Å²) in [5.41, 5.74) is -0.153. The highest BCUT2D eigenvalue weighted by atomic mass is 16.3. The number of carbonyl (C=O) groups excluding carboxylic acids is 2. The van der Waals surface area contributed by atoms with Crippen LogP contribution in [0.5, 0.6) is 0 Å². The van der Waals surface area contributed by atoms with E-state index in [0.29, 0.717) is 55.5 Å². The van der Waals surface area contributed by atoms with E-state index in [1.807, 2.05) is 4.90 Å². The van der Waals surface area contributed by atoms with Gasteiger partial charge in [-0.1, -0.05) is 79.6 Å². The van der Waals surface area contributed by atoms with Crippen molar-refractivity contribution in [1.29, 1.82) is 0 Å². The van der Waals surface area contributed by atoms with Crippen LogP contribution in [-0.4, -0.2) is 70.0 Å². The molecule has 4 N–H and O–H groups in total. The lowest BCUT2D eigenvalue weighted by Crippen LogP contribution is -2.62. The minimum Gasteiger partial charge on any atom is -0.393 e. The molecule has 48 heavy (non-hydrogen) atoms. The second-order valence-corrected chi connectivity index (χ2v) is 17.4. The van der Waals surface area contributed by atoms with Crippen molar-refractivity contribution in [3.63, 3.8) is 0 Å². The van der Waals surface area contributed by atoms with Crippen LogP contribution in [0.3, 0.4) is 0 Å². The number of amides is 2. The predicted octanol–water partition coefficient (Wildman–Crippen LogP) is 7.64. The number of rotatable bonds is 19. The summed E-state index contributed by atoms with van der Waals surface area (Å²) in [7, 11) is 0. The molecule has 7 heteroatoms. The van der Waals surface area contributed by atoms with Crippen molar-refractivity contribution in [3.8, 4) is 0 Å². The summed E-state index contributed by atoms with van der Waals surface area (Å²) in [4.78, 5) is 28.0. The van der Waals surface area contributed by atoms with Crippen LogP contribution in [0.4, 0.5) is 0 Å². The second-order valence-electron chi connectivity index (χ2n) is 17.4. The molecule has 4 fully saturated rings. The predicted molar refractivity (Wildman–Crippen MR) is 194 cm³/mol. The molecule has 4 rings (SSSR count). The van der Waals surface area contributed by atoms with Crippen molar-refractivity contribution in [3.05, 3.63) is 0 Å². The van der Waals surface area contributed by atoms with Crippen molar-refractivity contribution in [1.82, 2.24) is 10.2 Å². The Morgan fingerprint density at radius 2 is 1.50 bits per heavy atom. The standard InChI is InChI=1S/C41H74N2O5/c1-6-8-10-11-12-13-16-38(48)43(24-14-9-7-2)25-15-23-42-37(47)20-17-29(3)32-18-19-33-39-34(28-36(46)41(32,33)5)40(4)22-21-31(44)26-30(40)27-35(39)45/h29-36,39,44-46H,6-28H2,1-5H3,(H,42,47)/t29-,30?,31?,32?,33?,34?,35?,36?,39?,40?,41?/m1/s1. The van der Waals surface area contributed by atoms with Gasteiger partial charge in [0.1, 0.15) is 0 Å². The minimum atomic E-state index is -0.397. The van der Waals surface area contributed by atoms with Gasteiger partial charge in [0, 0.05) is 32.5 Å². The van der Waals surface area contributed by atoms with E-state index < -0.39 is 6.10 Å². The Labute approximate surface area is 293 Å². The largest absolute Gasteiger partial charge is 0.393 e. The Balaban J connectivity index is 1.23. The normalized spacial score (nSPS) is 36.5.